The third-order valence-corrected chi connectivity index (χ3v) is 6.22. The van der Waals surface area contributed by atoms with Crippen molar-refractivity contribution in [3.63, 3.8) is 0 Å². The number of hydrogen-bond acceptors (Lipinski definition) is 6. The molecular weight excluding hydrogens is 370 g/mol. The van der Waals surface area contributed by atoms with Gasteiger partial charge in [0.15, 0.2) is 5.96 Å². The Morgan fingerprint density at radius 2 is 1.85 bits per heavy atom. The molecule has 0 aromatic heterocycles. The molecular formula is C17H37N5O4S. The van der Waals surface area contributed by atoms with Crippen LogP contribution in [0, 0.1) is 0 Å². The molecule has 1 rings (SSSR count). The van der Waals surface area contributed by atoms with Gasteiger partial charge in [-0.15, -0.1) is 0 Å². The predicted octanol–water partition coefficient (Wildman–Crippen LogP) is -0.488. The highest BCUT2D eigenvalue weighted by atomic mass is 32.2. The van der Waals surface area contributed by atoms with Gasteiger partial charge >= 0.3 is 0 Å². The molecule has 1 fully saturated rings. The monoisotopic (exact) mass is 407 g/mol. The number of methoxy groups -OCH3 is 1. The van der Waals surface area contributed by atoms with Crippen LogP contribution in [0.1, 0.15) is 13.8 Å². The van der Waals surface area contributed by atoms with Crippen molar-refractivity contribution in [1.82, 2.24) is 19.4 Å². The summed E-state index contributed by atoms with van der Waals surface area (Å²) in [4.78, 5) is 8.62. The van der Waals surface area contributed by atoms with Gasteiger partial charge in [0, 0.05) is 60.0 Å². The van der Waals surface area contributed by atoms with Crippen LogP contribution in [0.5, 0.6) is 0 Å². The maximum absolute atomic E-state index is 12.4. The highest BCUT2D eigenvalue weighted by Gasteiger charge is 2.27. The van der Waals surface area contributed by atoms with Gasteiger partial charge < -0.3 is 24.6 Å². The van der Waals surface area contributed by atoms with Crippen LogP contribution in [0.3, 0.4) is 0 Å². The quantitative estimate of drug-likeness (QED) is 0.365. The van der Waals surface area contributed by atoms with Crippen molar-refractivity contribution in [2.45, 2.75) is 20.0 Å². The fourth-order valence-corrected chi connectivity index (χ4v) is 4.03. The van der Waals surface area contributed by atoms with E-state index in [0.29, 0.717) is 32.8 Å². The van der Waals surface area contributed by atoms with Crippen LogP contribution in [0.2, 0.25) is 0 Å². The Kier molecular flexibility index (Phi) is 11.2. The standard InChI is InChI=1S/C17H37N5O4S/c1-16(2)26-14-15-27(23,24)22-10-8-21(9-11-22)17(18-3)19-6-7-20(4)12-13-25-5/h16H,6-15H2,1-5H3,(H,18,19). The molecule has 0 atom stereocenters. The molecule has 1 aliphatic heterocycles. The van der Waals surface area contributed by atoms with Crippen LogP contribution in [-0.2, 0) is 19.5 Å². The largest absolute Gasteiger partial charge is 0.383 e. The van der Waals surface area contributed by atoms with Gasteiger partial charge in [0.05, 0.1) is 25.1 Å². The summed E-state index contributed by atoms with van der Waals surface area (Å²) in [5.41, 5.74) is 0. The second-order valence-corrected chi connectivity index (χ2v) is 8.98. The third kappa shape index (κ3) is 9.20. The van der Waals surface area contributed by atoms with Crippen LogP contribution in [0.25, 0.3) is 0 Å². The van der Waals surface area contributed by atoms with Crippen molar-refractivity contribution in [1.29, 1.82) is 0 Å². The first-order valence-electron chi connectivity index (χ1n) is 9.52. The Hall–Kier alpha value is -0.940. The first-order chi connectivity index (χ1) is 12.8. The van der Waals surface area contributed by atoms with Crippen LogP contribution in [0.15, 0.2) is 4.99 Å². The smallest absolute Gasteiger partial charge is 0.216 e. The lowest BCUT2D eigenvalue weighted by Gasteiger charge is -2.36. The maximum Gasteiger partial charge on any atom is 0.216 e. The van der Waals surface area contributed by atoms with Gasteiger partial charge in [-0.25, -0.2) is 8.42 Å². The Morgan fingerprint density at radius 1 is 1.19 bits per heavy atom. The molecule has 0 amide bonds. The predicted molar refractivity (Wildman–Crippen MR) is 109 cm³/mol. The van der Waals surface area contributed by atoms with Crippen LogP contribution >= 0.6 is 0 Å². The second kappa shape index (κ2) is 12.5. The molecule has 10 heteroatoms. The number of piperazine rings is 1. The van der Waals surface area contributed by atoms with Gasteiger partial charge in [0.1, 0.15) is 0 Å². The molecule has 0 radical (unpaired) electrons. The molecule has 0 aromatic carbocycles. The molecule has 0 bridgehead atoms. The van der Waals surface area contributed by atoms with Gasteiger partial charge in [-0.3, -0.25) is 4.99 Å². The first-order valence-corrected chi connectivity index (χ1v) is 11.1. The van der Waals surface area contributed by atoms with Crippen molar-refractivity contribution in [3.8, 4) is 0 Å². The van der Waals surface area contributed by atoms with Gasteiger partial charge in [0.25, 0.3) is 0 Å². The average molecular weight is 408 g/mol. The maximum atomic E-state index is 12.4. The minimum Gasteiger partial charge on any atom is -0.383 e. The van der Waals surface area contributed by atoms with E-state index in [2.05, 4.69) is 27.2 Å². The summed E-state index contributed by atoms with van der Waals surface area (Å²) in [5.74, 6) is 0.849. The van der Waals surface area contributed by atoms with Crippen molar-refractivity contribution in [3.05, 3.63) is 0 Å². The minimum atomic E-state index is -3.27. The molecule has 1 heterocycles. The van der Waals surface area contributed by atoms with E-state index in [9.17, 15) is 8.42 Å². The summed E-state index contributed by atoms with van der Waals surface area (Å²) in [6, 6.07) is 0. The lowest BCUT2D eigenvalue weighted by molar-refractivity contribution is 0.0904. The van der Waals surface area contributed by atoms with E-state index in [1.165, 1.54) is 0 Å². The Labute approximate surface area is 164 Å². The summed E-state index contributed by atoms with van der Waals surface area (Å²) < 4.78 is 36.8. The SMILES string of the molecule is CN=C(NCCN(C)CCOC)N1CCN(S(=O)(=O)CCOC(C)C)CC1. The highest BCUT2D eigenvalue weighted by molar-refractivity contribution is 7.89. The Balaban J connectivity index is 2.38. The zero-order valence-corrected chi connectivity index (χ0v) is 18.3. The number of sulfonamides is 1. The minimum absolute atomic E-state index is 0.0337. The number of guanidine groups is 1. The molecule has 0 unspecified atom stereocenters. The van der Waals surface area contributed by atoms with E-state index in [-0.39, 0.29) is 18.5 Å². The fraction of sp³-hybridized carbons (Fsp3) is 0.941. The molecule has 0 saturated carbocycles. The molecule has 1 N–H and O–H groups in total. The van der Waals surface area contributed by atoms with Crippen molar-refractivity contribution in [2.24, 2.45) is 4.99 Å². The zero-order valence-electron chi connectivity index (χ0n) is 17.5. The molecule has 160 valence electrons. The van der Waals surface area contributed by atoms with E-state index < -0.39 is 10.0 Å². The van der Waals surface area contributed by atoms with Crippen LogP contribution < -0.4 is 5.32 Å². The summed E-state index contributed by atoms with van der Waals surface area (Å²) in [7, 11) is 2.24. The molecule has 1 aliphatic rings. The molecule has 0 aromatic rings. The number of hydrogen-bond donors (Lipinski definition) is 1. The number of nitrogens with one attached hydrogen (secondary N) is 1. The van der Waals surface area contributed by atoms with E-state index >= 15 is 0 Å². The number of ether oxygens (including phenoxy) is 2. The van der Waals surface area contributed by atoms with Crippen LogP contribution in [0.4, 0.5) is 0 Å². The van der Waals surface area contributed by atoms with Gasteiger partial charge in [-0.2, -0.15) is 4.31 Å². The number of likely N-dealkylation sites (N-methyl/N-ethyl adjacent to an activating group) is 1. The summed E-state index contributed by atoms with van der Waals surface area (Å²) >= 11 is 0. The van der Waals surface area contributed by atoms with Gasteiger partial charge in [0.2, 0.25) is 10.0 Å². The molecule has 0 spiro atoms. The molecule has 0 aliphatic carbocycles. The van der Waals surface area contributed by atoms with Crippen LogP contribution in [-0.4, -0.2) is 121 Å². The lowest BCUT2D eigenvalue weighted by atomic mass is 10.4. The topological polar surface area (TPSA) is 86.7 Å². The van der Waals surface area contributed by atoms with Gasteiger partial charge in [-0.1, -0.05) is 0 Å². The fourth-order valence-electron chi connectivity index (χ4n) is 2.75. The summed E-state index contributed by atoms with van der Waals surface area (Å²) in [6.07, 6.45) is 0.0417. The van der Waals surface area contributed by atoms with Gasteiger partial charge in [-0.05, 0) is 20.9 Å². The van der Waals surface area contributed by atoms with E-state index in [1.807, 2.05) is 13.8 Å². The Morgan fingerprint density at radius 3 is 2.41 bits per heavy atom. The number of aliphatic imine (C=N–C) groups is 1. The van der Waals surface area contributed by atoms with Crippen molar-refractivity contribution < 1.29 is 17.9 Å². The summed E-state index contributed by atoms with van der Waals surface area (Å²) in [6.45, 7) is 9.49. The Bertz CT molecular complexity index is 533. The zero-order chi connectivity index (χ0) is 20.3. The van der Waals surface area contributed by atoms with Crippen molar-refractivity contribution >= 4 is 16.0 Å². The normalized spacial score (nSPS) is 17.1. The average Bonchev–Trinajstić information content (AvgIpc) is 2.63. The first kappa shape index (κ1) is 24.1. The van der Waals surface area contributed by atoms with E-state index in [1.54, 1.807) is 18.5 Å². The van der Waals surface area contributed by atoms with E-state index in [4.69, 9.17) is 9.47 Å². The number of nitrogens with zero attached hydrogens (tertiary/aromatic N) is 4. The highest BCUT2D eigenvalue weighted by Crippen LogP contribution is 2.09. The molecule has 27 heavy (non-hydrogen) atoms. The second-order valence-electron chi connectivity index (χ2n) is 6.89. The number of rotatable bonds is 11. The lowest BCUT2D eigenvalue weighted by Crippen LogP contribution is -2.54. The summed E-state index contributed by atoms with van der Waals surface area (Å²) in [5, 5.41) is 3.35. The molecule has 1 saturated heterocycles. The third-order valence-electron chi connectivity index (χ3n) is 4.39. The van der Waals surface area contributed by atoms with E-state index in [0.717, 1.165) is 25.6 Å². The molecule has 9 nitrogen and oxygen atoms in total. The van der Waals surface area contributed by atoms with Crippen molar-refractivity contribution in [2.75, 3.05) is 86.0 Å².